The van der Waals surface area contributed by atoms with Crippen LogP contribution in [0.2, 0.25) is 5.02 Å². The minimum absolute atomic E-state index is 0.397. The van der Waals surface area contributed by atoms with Gasteiger partial charge in [-0.25, -0.2) is 13.6 Å². The Labute approximate surface area is 141 Å². The van der Waals surface area contributed by atoms with Gasteiger partial charge in [0.15, 0.2) is 13.2 Å². The van der Waals surface area contributed by atoms with E-state index in [9.17, 15) is 18.4 Å². The number of hydrogen-bond acceptors (Lipinski definition) is 4. The molecule has 0 spiro atoms. The van der Waals surface area contributed by atoms with Gasteiger partial charge in [-0.15, -0.1) is 0 Å². The van der Waals surface area contributed by atoms with Crippen LogP contribution in [-0.4, -0.2) is 25.1 Å². The summed E-state index contributed by atoms with van der Waals surface area (Å²) in [7, 11) is 0. The topological polar surface area (TPSA) is 64.6 Å². The van der Waals surface area contributed by atoms with Crippen molar-refractivity contribution in [2.75, 3.05) is 18.5 Å². The zero-order valence-corrected chi connectivity index (χ0v) is 13.0. The van der Waals surface area contributed by atoms with E-state index in [1.165, 1.54) is 0 Å². The van der Waals surface area contributed by atoms with E-state index in [-0.39, 0.29) is 0 Å². The Morgan fingerprint density at radius 2 is 1.62 bits per heavy atom. The number of carbonyl (C=O) groups is 2. The first-order chi connectivity index (χ1) is 11.5. The van der Waals surface area contributed by atoms with Gasteiger partial charge < -0.3 is 14.8 Å². The second kappa shape index (κ2) is 8.26. The zero-order valence-electron chi connectivity index (χ0n) is 12.2. The molecule has 0 saturated heterocycles. The van der Waals surface area contributed by atoms with Gasteiger partial charge in [-0.05, 0) is 36.4 Å². The predicted octanol–water partition coefficient (Wildman–Crippen LogP) is 3.18. The highest BCUT2D eigenvalue weighted by Gasteiger charge is 2.13. The molecule has 8 heteroatoms. The lowest BCUT2D eigenvalue weighted by Gasteiger charge is -2.09. The van der Waals surface area contributed by atoms with E-state index < -0.39 is 42.4 Å². The molecule has 0 aliphatic rings. The van der Waals surface area contributed by atoms with Crippen molar-refractivity contribution >= 4 is 29.2 Å². The van der Waals surface area contributed by atoms with Gasteiger partial charge in [-0.2, -0.15) is 0 Å². The van der Waals surface area contributed by atoms with Crippen LogP contribution in [0.25, 0.3) is 0 Å². The molecule has 126 valence electrons. The number of rotatable bonds is 6. The molecule has 0 radical (unpaired) electrons. The third-order valence-electron chi connectivity index (χ3n) is 2.76. The average Bonchev–Trinajstić information content (AvgIpc) is 2.56. The number of hydrogen-bond donors (Lipinski definition) is 1. The van der Waals surface area contributed by atoms with Gasteiger partial charge in [0, 0.05) is 5.02 Å². The fourth-order valence-electron chi connectivity index (χ4n) is 1.65. The molecule has 0 atom stereocenters. The van der Waals surface area contributed by atoms with Gasteiger partial charge in [0.1, 0.15) is 23.1 Å². The quantitative estimate of drug-likeness (QED) is 0.808. The first-order valence-electron chi connectivity index (χ1n) is 6.73. The van der Waals surface area contributed by atoms with Gasteiger partial charge in [0.05, 0.1) is 0 Å². The maximum absolute atomic E-state index is 13.4. The van der Waals surface area contributed by atoms with Crippen molar-refractivity contribution in [3.8, 4) is 5.75 Å². The van der Waals surface area contributed by atoms with Crippen LogP contribution in [0.4, 0.5) is 14.5 Å². The zero-order chi connectivity index (χ0) is 17.5. The monoisotopic (exact) mass is 355 g/mol. The third-order valence-corrected chi connectivity index (χ3v) is 3.01. The number of anilines is 1. The largest absolute Gasteiger partial charge is 0.482 e. The van der Waals surface area contributed by atoms with Gasteiger partial charge in [0.2, 0.25) is 0 Å². The van der Waals surface area contributed by atoms with Crippen molar-refractivity contribution in [1.82, 2.24) is 0 Å². The minimum Gasteiger partial charge on any atom is -0.482 e. The number of carbonyl (C=O) groups excluding carboxylic acids is 2. The summed E-state index contributed by atoms with van der Waals surface area (Å²) >= 11 is 5.70. The maximum atomic E-state index is 13.4. The van der Waals surface area contributed by atoms with E-state index in [1.807, 2.05) is 5.32 Å². The van der Waals surface area contributed by atoms with Crippen molar-refractivity contribution in [2.45, 2.75) is 0 Å². The third kappa shape index (κ3) is 5.20. The molecular weight excluding hydrogens is 344 g/mol. The van der Waals surface area contributed by atoms with Gasteiger partial charge in [-0.1, -0.05) is 17.7 Å². The number of halogens is 3. The molecule has 24 heavy (non-hydrogen) atoms. The first kappa shape index (κ1) is 17.7. The lowest BCUT2D eigenvalue weighted by molar-refractivity contribution is -0.149. The lowest BCUT2D eigenvalue weighted by Crippen LogP contribution is -2.24. The molecule has 2 aromatic rings. The van der Waals surface area contributed by atoms with Crippen molar-refractivity contribution in [1.29, 1.82) is 0 Å². The maximum Gasteiger partial charge on any atom is 0.344 e. The Kier molecular flexibility index (Phi) is 6.08. The molecular formula is C16H12ClF2NO4. The normalized spacial score (nSPS) is 10.1. The summed E-state index contributed by atoms with van der Waals surface area (Å²) < 4.78 is 36.5. The van der Waals surface area contributed by atoms with Gasteiger partial charge in [0.25, 0.3) is 5.91 Å². The van der Waals surface area contributed by atoms with Crippen LogP contribution in [0.1, 0.15) is 0 Å². The highest BCUT2D eigenvalue weighted by molar-refractivity contribution is 6.30. The number of ether oxygens (including phenoxy) is 2. The molecule has 2 aromatic carbocycles. The van der Waals surface area contributed by atoms with E-state index in [4.69, 9.17) is 16.3 Å². The Morgan fingerprint density at radius 3 is 2.25 bits per heavy atom. The summed E-state index contributed by atoms with van der Waals surface area (Å²) in [5.74, 6) is -3.15. The summed E-state index contributed by atoms with van der Waals surface area (Å²) in [5, 5.41) is 2.51. The van der Waals surface area contributed by atoms with Crippen LogP contribution in [0.3, 0.4) is 0 Å². The smallest absolute Gasteiger partial charge is 0.344 e. The molecule has 0 aromatic heterocycles. The number of nitrogens with one attached hydrogen (secondary N) is 1. The lowest BCUT2D eigenvalue weighted by atomic mass is 10.3. The molecule has 1 N–H and O–H groups in total. The van der Waals surface area contributed by atoms with E-state index in [2.05, 4.69) is 4.74 Å². The predicted molar refractivity (Wildman–Crippen MR) is 82.9 cm³/mol. The summed E-state index contributed by atoms with van der Waals surface area (Å²) in [5.41, 5.74) is -0.601. The Bertz CT molecular complexity index is 717. The van der Waals surface area contributed by atoms with Crippen LogP contribution in [0.15, 0.2) is 42.5 Å². The number of esters is 1. The Balaban J connectivity index is 1.77. The van der Waals surface area contributed by atoms with Crippen LogP contribution >= 0.6 is 11.6 Å². The highest BCUT2D eigenvalue weighted by atomic mass is 35.5. The molecule has 0 heterocycles. The summed E-state index contributed by atoms with van der Waals surface area (Å²) in [6, 6.07) is 9.42. The van der Waals surface area contributed by atoms with E-state index >= 15 is 0 Å². The molecule has 0 aliphatic heterocycles. The summed E-state index contributed by atoms with van der Waals surface area (Å²) in [4.78, 5) is 23.0. The minimum atomic E-state index is -0.930. The SMILES string of the molecule is O=C(COC(=O)COc1ccc(Cl)cc1)Nc1c(F)cccc1F. The van der Waals surface area contributed by atoms with Crippen LogP contribution < -0.4 is 10.1 Å². The first-order valence-corrected chi connectivity index (χ1v) is 7.11. The standard InChI is InChI=1S/C16H12ClF2NO4/c17-10-4-6-11(7-5-10)23-9-15(22)24-8-14(21)20-16-12(18)2-1-3-13(16)19/h1-7H,8-9H2,(H,20,21). The van der Waals surface area contributed by atoms with E-state index in [1.54, 1.807) is 24.3 Å². The van der Waals surface area contributed by atoms with Crippen molar-refractivity contribution < 1.29 is 27.8 Å². The fourth-order valence-corrected chi connectivity index (χ4v) is 1.78. The second-order valence-corrected chi connectivity index (χ2v) is 4.98. The number of para-hydroxylation sites is 1. The average molecular weight is 356 g/mol. The van der Waals surface area contributed by atoms with Gasteiger partial charge >= 0.3 is 5.97 Å². The Morgan fingerprint density at radius 1 is 1.00 bits per heavy atom. The molecule has 0 aliphatic carbocycles. The number of benzene rings is 2. The highest BCUT2D eigenvalue weighted by Crippen LogP contribution is 2.18. The second-order valence-electron chi connectivity index (χ2n) is 4.55. The van der Waals surface area contributed by atoms with Gasteiger partial charge in [-0.3, -0.25) is 4.79 Å². The molecule has 2 rings (SSSR count). The summed E-state index contributed by atoms with van der Waals surface area (Å²) in [6.45, 7) is -1.13. The molecule has 0 fully saturated rings. The van der Waals surface area contributed by atoms with Crippen LogP contribution in [0, 0.1) is 11.6 Å². The van der Waals surface area contributed by atoms with Crippen LogP contribution in [0.5, 0.6) is 5.75 Å². The molecule has 0 bridgehead atoms. The fraction of sp³-hybridized carbons (Fsp3) is 0.125. The molecule has 0 saturated carbocycles. The molecule has 5 nitrogen and oxygen atoms in total. The Hall–Kier alpha value is -2.67. The van der Waals surface area contributed by atoms with Crippen LogP contribution in [-0.2, 0) is 14.3 Å². The van der Waals surface area contributed by atoms with Crippen molar-refractivity contribution in [2.24, 2.45) is 0 Å². The van der Waals surface area contributed by atoms with Crippen molar-refractivity contribution in [3.63, 3.8) is 0 Å². The molecule has 1 amide bonds. The summed E-state index contributed by atoms with van der Waals surface area (Å²) in [6.07, 6.45) is 0. The van der Waals surface area contributed by atoms with E-state index in [0.29, 0.717) is 10.8 Å². The van der Waals surface area contributed by atoms with Crippen molar-refractivity contribution in [3.05, 3.63) is 59.1 Å². The molecule has 0 unspecified atom stereocenters. The number of amides is 1. The van der Waals surface area contributed by atoms with E-state index in [0.717, 1.165) is 18.2 Å².